The highest BCUT2D eigenvalue weighted by molar-refractivity contribution is 5.80. The van der Waals surface area contributed by atoms with Crippen molar-refractivity contribution in [3.05, 3.63) is 28.3 Å². The molecule has 19 heavy (non-hydrogen) atoms. The van der Waals surface area contributed by atoms with E-state index in [-0.39, 0.29) is 17.3 Å². The minimum atomic E-state index is -0.804. The molecule has 104 valence electrons. The number of hydrogen-bond acceptors (Lipinski definition) is 5. The van der Waals surface area contributed by atoms with Gasteiger partial charge in [-0.15, -0.1) is 0 Å². The number of likely N-dealkylation sites (N-methyl/N-ethyl adjacent to an activating group) is 1. The topological polar surface area (TPSA) is 81.9 Å². The summed E-state index contributed by atoms with van der Waals surface area (Å²) in [5.74, 6) is 0.115. The largest absolute Gasteiger partial charge is 0.496 e. The number of amides is 1. The molecule has 0 aromatic heterocycles. The average molecular weight is 268 g/mol. The first-order chi connectivity index (χ1) is 8.86. The lowest BCUT2D eigenvalue weighted by molar-refractivity contribution is -0.386. The van der Waals surface area contributed by atoms with Crippen LogP contribution in [0.2, 0.25) is 0 Å². The number of methoxy groups -OCH3 is 1. The Hall–Kier alpha value is -2.31. The molecule has 0 fully saturated rings. The number of nitrogens with zero attached hydrogens (tertiary/aromatic N) is 2. The van der Waals surface area contributed by atoms with Crippen LogP contribution in [-0.4, -0.2) is 43.0 Å². The summed E-state index contributed by atoms with van der Waals surface area (Å²) >= 11 is 0. The van der Waals surface area contributed by atoms with Crippen molar-refractivity contribution in [1.82, 2.24) is 4.90 Å². The predicted molar refractivity (Wildman–Crippen MR) is 68.4 cm³/mol. The third-order valence-corrected chi connectivity index (χ3v) is 2.46. The molecule has 0 aliphatic rings. The molecule has 0 unspecified atom stereocenters. The SMILES string of the molecule is COc1ccc(O[C@H](C)C(=O)N(C)C)c([N+](=O)[O-])c1. The van der Waals surface area contributed by atoms with E-state index in [4.69, 9.17) is 9.47 Å². The van der Waals surface area contributed by atoms with Crippen molar-refractivity contribution in [3.63, 3.8) is 0 Å². The van der Waals surface area contributed by atoms with Gasteiger partial charge >= 0.3 is 5.69 Å². The molecular weight excluding hydrogens is 252 g/mol. The number of nitro benzene ring substituents is 1. The molecule has 0 bridgehead atoms. The maximum absolute atomic E-state index is 11.7. The van der Waals surface area contributed by atoms with E-state index in [0.29, 0.717) is 5.75 Å². The van der Waals surface area contributed by atoms with E-state index in [0.717, 1.165) is 0 Å². The van der Waals surface area contributed by atoms with E-state index in [9.17, 15) is 14.9 Å². The van der Waals surface area contributed by atoms with Gasteiger partial charge in [-0.05, 0) is 19.1 Å². The van der Waals surface area contributed by atoms with Crippen molar-refractivity contribution >= 4 is 11.6 Å². The summed E-state index contributed by atoms with van der Waals surface area (Å²) in [7, 11) is 4.59. The van der Waals surface area contributed by atoms with E-state index in [1.165, 1.54) is 37.1 Å². The van der Waals surface area contributed by atoms with Crippen LogP contribution in [0, 0.1) is 10.1 Å². The summed E-state index contributed by atoms with van der Waals surface area (Å²) in [6.45, 7) is 1.54. The van der Waals surface area contributed by atoms with Crippen LogP contribution < -0.4 is 9.47 Å². The number of nitro groups is 1. The third kappa shape index (κ3) is 3.57. The third-order valence-electron chi connectivity index (χ3n) is 2.46. The Kier molecular flexibility index (Phi) is 4.68. The molecular formula is C12H16N2O5. The number of carbonyl (C=O) groups excluding carboxylic acids is 1. The van der Waals surface area contributed by atoms with Gasteiger partial charge in [-0.1, -0.05) is 0 Å². The van der Waals surface area contributed by atoms with Crippen molar-refractivity contribution in [3.8, 4) is 11.5 Å². The number of hydrogen-bond donors (Lipinski definition) is 0. The quantitative estimate of drug-likeness (QED) is 0.596. The Bertz CT molecular complexity index is 487. The molecule has 1 rings (SSSR count). The van der Waals surface area contributed by atoms with Gasteiger partial charge in [0.1, 0.15) is 5.75 Å². The molecule has 0 aliphatic carbocycles. The van der Waals surface area contributed by atoms with Gasteiger partial charge in [-0.3, -0.25) is 14.9 Å². The average Bonchev–Trinajstić information content (AvgIpc) is 2.37. The number of ether oxygens (including phenoxy) is 2. The van der Waals surface area contributed by atoms with Crippen LogP contribution in [0.25, 0.3) is 0 Å². The highest BCUT2D eigenvalue weighted by atomic mass is 16.6. The standard InChI is InChI=1S/C12H16N2O5/c1-8(12(15)13(2)3)19-11-6-5-9(18-4)7-10(11)14(16)17/h5-8H,1-4H3/t8-/m1/s1. The van der Waals surface area contributed by atoms with Gasteiger partial charge in [0.05, 0.1) is 18.1 Å². The molecule has 7 nitrogen and oxygen atoms in total. The van der Waals surface area contributed by atoms with Crippen molar-refractivity contribution in [2.75, 3.05) is 21.2 Å². The lowest BCUT2D eigenvalue weighted by atomic mass is 10.2. The molecule has 0 aliphatic heterocycles. The Morgan fingerprint density at radius 2 is 2.05 bits per heavy atom. The van der Waals surface area contributed by atoms with Gasteiger partial charge < -0.3 is 14.4 Å². The molecule has 1 amide bonds. The summed E-state index contributed by atoms with van der Waals surface area (Å²) in [5, 5.41) is 10.9. The zero-order chi connectivity index (χ0) is 14.6. The molecule has 0 radical (unpaired) electrons. The fourth-order valence-corrected chi connectivity index (χ4v) is 1.47. The summed E-state index contributed by atoms with van der Waals surface area (Å²) in [6.07, 6.45) is -0.804. The van der Waals surface area contributed by atoms with E-state index in [2.05, 4.69) is 0 Å². The number of carbonyl (C=O) groups is 1. The number of rotatable bonds is 5. The van der Waals surface area contributed by atoms with Gasteiger partial charge in [0.15, 0.2) is 11.9 Å². The first-order valence-corrected chi connectivity index (χ1v) is 5.57. The fraction of sp³-hybridized carbons (Fsp3) is 0.417. The van der Waals surface area contributed by atoms with Crippen LogP contribution in [0.4, 0.5) is 5.69 Å². The highest BCUT2D eigenvalue weighted by Gasteiger charge is 2.22. The first-order valence-electron chi connectivity index (χ1n) is 5.57. The van der Waals surface area contributed by atoms with Crippen LogP contribution in [0.1, 0.15) is 6.92 Å². The van der Waals surface area contributed by atoms with Gasteiger partial charge in [0.25, 0.3) is 5.91 Å². The Labute approximate surface area is 110 Å². The van der Waals surface area contributed by atoms with Crippen molar-refractivity contribution in [2.24, 2.45) is 0 Å². The van der Waals surface area contributed by atoms with Crippen LogP contribution in [0.15, 0.2) is 18.2 Å². The monoisotopic (exact) mass is 268 g/mol. The van der Waals surface area contributed by atoms with Crippen molar-refractivity contribution < 1.29 is 19.2 Å². The highest BCUT2D eigenvalue weighted by Crippen LogP contribution is 2.31. The van der Waals surface area contributed by atoms with Crippen LogP contribution in [-0.2, 0) is 4.79 Å². The molecule has 1 aromatic rings. The summed E-state index contributed by atoms with van der Waals surface area (Å²) < 4.78 is 10.3. The molecule has 0 saturated heterocycles. The normalized spacial score (nSPS) is 11.6. The Morgan fingerprint density at radius 3 is 2.53 bits per heavy atom. The van der Waals surface area contributed by atoms with E-state index < -0.39 is 11.0 Å². The fourth-order valence-electron chi connectivity index (χ4n) is 1.47. The molecule has 0 N–H and O–H groups in total. The number of benzene rings is 1. The molecule has 0 heterocycles. The zero-order valence-electron chi connectivity index (χ0n) is 11.2. The predicted octanol–water partition coefficient (Wildman–Crippen LogP) is 1.46. The maximum Gasteiger partial charge on any atom is 0.314 e. The van der Waals surface area contributed by atoms with Gasteiger partial charge in [0.2, 0.25) is 0 Å². The smallest absolute Gasteiger partial charge is 0.314 e. The Morgan fingerprint density at radius 1 is 1.42 bits per heavy atom. The molecule has 7 heteroatoms. The lowest BCUT2D eigenvalue weighted by Crippen LogP contribution is -2.35. The minimum Gasteiger partial charge on any atom is -0.496 e. The van der Waals surface area contributed by atoms with Gasteiger partial charge in [0, 0.05) is 14.1 Å². The molecule has 0 saturated carbocycles. The maximum atomic E-state index is 11.7. The van der Waals surface area contributed by atoms with Crippen LogP contribution in [0.3, 0.4) is 0 Å². The second-order valence-electron chi connectivity index (χ2n) is 4.08. The molecule has 0 spiro atoms. The first kappa shape index (κ1) is 14.7. The lowest BCUT2D eigenvalue weighted by Gasteiger charge is -2.18. The van der Waals surface area contributed by atoms with E-state index in [1.807, 2.05) is 0 Å². The summed E-state index contributed by atoms with van der Waals surface area (Å²) in [4.78, 5) is 23.4. The van der Waals surface area contributed by atoms with E-state index in [1.54, 1.807) is 14.1 Å². The second kappa shape index (κ2) is 6.03. The molecule has 1 aromatic carbocycles. The van der Waals surface area contributed by atoms with Crippen molar-refractivity contribution in [1.29, 1.82) is 0 Å². The van der Waals surface area contributed by atoms with Crippen LogP contribution >= 0.6 is 0 Å². The van der Waals surface area contributed by atoms with Crippen LogP contribution in [0.5, 0.6) is 11.5 Å². The second-order valence-corrected chi connectivity index (χ2v) is 4.08. The summed E-state index contributed by atoms with van der Waals surface area (Å²) in [5.41, 5.74) is -0.238. The summed E-state index contributed by atoms with van der Waals surface area (Å²) in [6, 6.07) is 4.20. The van der Waals surface area contributed by atoms with Gasteiger partial charge in [-0.2, -0.15) is 0 Å². The van der Waals surface area contributed by atoms with Gasteiger partial charge in [-0.25, -0.2) is 0 Å². The zero-order valence-corrected chi connectivity index (χ0v) is 11.2. The molecule has 1 atom stereocenters. The van der Waals surface area contributed by atoms with Crippen molar-refractivity contribution in [2.45, 2.75) is 13.0 Å². The Balaban J connectivity index is 3.01. The minimum absolute atomic E-state index is 0.0356. The van der Waals surface area contributed by atoms with E-state index >= 15 is 0 Å².